The zero-order valence-corrected chi connectivity index (χ0v) is 13.6. The highest BCUT2D eigenvalue weighted by Gasteiger charge is 2.42. The predicted molar refractivity (Wildman–Crippen MR) is 81.9 cm³/mol. The molecule has 0 spiro atoms. The zero-order chi connectivity index (χ0) is 17.7. The molecule has 0 bridgehead atoms. The number of nitrogens with one attached hydrogen (secondary N) is 1. The van der Waals surface area contributed by atoms with E-state index in [0.29, 0.717) is 12.4 Å². The number of ether oxygens (including phenoxy) is 2. The Labute approximate surface area is 138 Å². The average molecular weight is 346 g/mol. The van der Waals surface area contributed by atoms with Crippen LogP contribution in [0.3, 0.4) is 0 Å². The second-order valence-corrected chi connectivity index (χ2v) is 5.71. The molecular weight excluding hydrogens is 325 g/mol. The van der Waals surface area contributed by atoms with Gasteiger partial charge in [0.15, 0.2) is 6.04 Å². The van der Waals surface area contributed by atoms with Gasteiger partial charge in [-0.3, -0.25) is 0 Å². The fraction of sp³-hybridized carbons (Fsp3) is 0.562. The fourth-order valence-electron chi connectivity index (χ4n) is 2.56. The number of methoxy groups -OCH3 is 1. The van der Waals surface area contributed by atoms with Crippen LogP contribution in [-0.2, 0) is 4.74 Å². The summed E-state index contributed by atoms with van der Waals surface area (Å²) < 4.78 is 50.3. The molecule has 1 aromatic carbocycles. The third kappa shape index (κ3) is 4.77. The van der Waals surface area contributed by atoms with Crippen LogP contribution in [0.5, 0.6) is 5.75 Å². The van der Waals surface area contributed by atoms with Crippen LogP contribution in [0.25, 0.3) is 0 Å². The minimum absolute atomic E-state index is 0.0535. The number of halogens is 3. The maximum absolute atomic E-state index is 13.3. The Bertz CT molecular complexity index is 542. The Morgan fingerprint density at radius 2 is 2.08 bits per heavy atom. The van der Waals surface area contributed by atoms with E-state index in [1.54, 1.807) is 0 Å². The van der Waals surface area contributed by atoms with E-state index >= 15 is 0 Å². The van der Waals surface area contributed by atoms with Crippen molar-refractivity contribution in [2.45, 2.75) is 31.2 Å². The minimum atomic E-state index is -4.60. The van der Waals surface area contributed by atoms with Gasteiger partial charge in [-0.1, -0.05) is 12.1 Å². The summed E-state index contributed by atoms with van der Waals surface area (Å²) in [5.41, 5.74) is -0.0535. The number of benzene rings is 1. The molecule has 24 heavy (non-hydrogen) atoms. The van der Waals surface area contributed by atoms with Crippen molar-refractivity contribution in [2.75, 3.05) is 27.3 Å². The van der Waals surface area contributed by atoms with Crippen molar-refractivity contribution in [2.24, 2.45) is 0 Å². The lowest BCUT2D eigenvalue weighted by atomic mass is 10.1. The van der Waals surface area contributed by atoms with Gasteiger partial charge in [0.2, 0.25) is 0 Å². The Morgan fingerprint density at radius 3 is 2.58 bits per heavy atom. The molecule has 2 rings (SSSR count). The van der Waals surface area contributed by atoms with Gasteiger partial charge < -0.3 is 19.7 Å². The first-order valence-corrected chi connectivity index (χ1v) is 7.65. The summed E-state index contributed by atoms with van der Waals surface area (Å²) in [7, 11) is 2.89. The minimum Gasteiger partial charge on any atom is -0.497 e. The molecule has 134 valence electrons. The number of rotatable bonds is 5. The van der Waals surface area contributed by atoms with Gasteiger partial charge in [-0.15, -0.1) is 0 Å². The van der Waals surface area contributed by atoms with Crippen molar-refractivity contribution in [3.63, 3.8) is 0 Å². The molecule has 0 radical (unpaired) electrons. The summed E-state index contributed by atoms with van der Waals surface area (Å²) in [6.45, 7) is 0.885. The Balaban J connectivity index is 2.05. The number of nitrogens with zero attached hydrogens (tertiary/aromatic N) is 1. The maximum Gasteiger partial charge on any atom is 0.412 e. The van der Waals surface area contributed by atoms with Gasteiger partial charge >= 0.3 is 12.2 Å². The molecule has 1 N–H and O–H groups in total. The first-order valence-electron chi connectivity index (χ1n) is 7.65. The molecule has 1 fully saturated rings. The summed E-state index contributed by atoms with van der Waals surface area (Å²) in [5.74, 6) is 0.446. The molecular formula is C16H21F3N2O3. The SMILES string of the molecule is COc1ccc([C@@H](NC(=O)N(C)C[C@H]2CCCO2)C(F)(F)F)cc1. The van der Waals surface area contributed by atoms with E-state index in [1.807, 2.05) is 0 Å². The van der Waals surface area contributed by atoms with Gasteiger partial charge in [0, 0.05) is 20.2 Å². The Morgan fingerprint density at radius 1 is 1.42 bits per heavy atom. The summed E-state index contributed by atoms with van der Waals surface area (Å²) in [6.07, 6.45) is -3.02. The zero-order valence-electron chi connectivity index (χ0n) is 13.6. The van der Waals surface area contributed by atoms with E-state index in [2.05, 4.69) is 5.32 Å². The molecule has 1 saturated heterocycles. The topological polar surface area (TPSA) is 50.8 Å². The second-order valence-electron chi connectivity index (χ2n) is 5.71. The van der Waals surface area contributed by atoms with Crippen LogP contribution in [0, 0.1) is 0 Å². The van der Waals surface area contributed by atoms with E-state index in [0.717, 1.165) is 12.8 Å². The third-order valence-corrected chi connectivity index (χ3v) is 3.89. The number of likely N-dealkylation sites (N-methyl/N-ethyl adjacent to an activating group) is 1. The highest BCUT2D eigenvalue weighted by Crippen LogP contribution is 2.33. The lowest BCUT2D eigenvalue weighted by molar-refractivity contribution is -0.155. The number of carbonyl (C=O) groups excluding carboxylic acids is 1. The summed E-state index contributed by atoms with van der Waals surface area (Å²) in [6, 6.07) is 2.56. The molecule has 1 aliphatic heterocycles. The van der Waals surface area contributed by atoms with E-state index < -0.39 is 18.2 Å². The first-order chi connectivity index (χ1) is 11.3. The van der Waals surface area contributed by atoms with Crippen LogP contribution < -0.4 is 10.1 Å². The first kappa shape index (κ1) is 18.4. The Kier molecular flexibility index (Phi) is 5.93. The monoisotopic (exact) mass is 346 g/mol. The van der Waals surface area contributed by atoms with Crippen molar-refractivity contribution in [3.05, 3.63) is 29.8 Å². The van der Waals surface area contributed by atoms with Crippen molar-refractivity contribution in [3.8, 4) is 5.75 Å². The normalized spacial score (nSPS) is 19.0. The molecule has 2 amide bonds. The number of hydrogen-bond acceptors (Lipinski definition) is 3. The average Bonchev–Trinajstić information content (AvgIpc) is 3.04. The second kappa shape index (κ2) is 7.74. The lowest BCUT2D eigenvalue weighted by Gasteiger charge is -2.27. The van der Waals surface area contributed by atoms with Crippen LogP contribution >= 0.6 is 0 Å². The summed E-state index contributed by atoms with van der Waals surface area (Å²) in [4.78, 5) is 13.3. The van der Waals surface area contributed by atoms with E-state index in [1.165, 1.54) is 43.3 Å². The van der Waals surface area contributed by atoms with Crippen LogP contribution in [0.4, 0.5) is 18.0 Å². The molecule has 5 nitrogen and oxygen atoms in total. The number of hydrogen-bond donors (Lipinski definition) is 1. The van der Waals surface area contributed by atoms with Crippen LogP contribution in [-0.4, -0.2) is 50.5 Å². The summed E-state index contributed by atoms with van der Waals surface area (Å²) >= 11 is 0. The summed E-state index contributed by atoms with van der Waals surface area (Å²) in [5, 5.41) is 2.05. The number of urea groups is 1. The van der Waals surface area contributed by atoms with Crippen LogP contribution in [0.1, 0.15) is 24.4 Å². The number of amides is 2. The lowest BCUT2D eigenvalue weighted by Crippen LogP contribution is -2.46. The molecule has 1 aromatic rings. The van der Waals surface area contributed by atoms with Crippen molar-refractivity contribution in [1.82, 2.24) is 10.2 Å². The predicted octanol–water partition coefficient (Wildman–Crippen LogP) is 3.12. The van der Waals surface area contributed by atoms with Gasteiger partial charge in [0.25, 0.3) is 0 Å². The molecule has 2 atom stereocenters. The van der Waals surface area contributed by atoms with Gasteiger partial charge in [-0.05, 0) is 30.5 Å². The van der Waals surface area contributed by atoms with Crippen LogP contribution in [0.15, 0.2) is 24.3 Å². The Hall–Kier alpha value is -1.96. The maximum atomic E-state index is 13.3. The van der Waals surface area contributed by atoms with E-state index in [-0.39, 0.29) is 18.2 Å². The fourth-order valence-corrected chi connectivity index (χ4v) is 2.56. The van der Waals surface area contributed by atoms with Crippen LogP contribution in [0.2, 0.25) is 0 Å². The van der Waals surface area contributed by atoms with E-state index in [9.17, 15) is 18.0 Å². The highest BCUT2D eigenvalue weighted by atomic mass is 19.4. The molecule has 0 aromatic heterocycles. The smallest absolute Gasteiger partial charge is 0.412 e. The molecule has 1 aliphatic rings. The number of carbonyl (C=O) groups is 1. The standard InChI is InChI=1S/C16H21F3N2O3/c1-21(10-13-4-3-9-24-13)15(22)20-14(16(17,18)19)11-5-7-12(23-2)8-6-11/h5-8,13-14H,3-4,9-10H2,1-2H3,(H,20,22)/t13-,14-/m1/s1. The van der Waals surface area contributed by atoms with Crippen molar-refractivity contribution < 1.29 is 27.4 Å². The van der Waals surface area contributed by atoms with Gasteiger partial charge in [0.1, 0.15) is 5.75 Å². The molecule has 8 heteroatoms. The molecule has 1 heterocycles. The van der Waals surface area contributed by atoms with Crippen molar-refractivity contribution >= 4 is 6.03 Å². The quantitative estimate of drug-likeness (QED) is 0.891. The molecule has 0 unspecified atom stereocenters. The largest absolute Gasteiger partial charge is 0.497 e. The highest BCUT2D eigenvalue weighted by molar-refractivity contribution is 5.74. The molecule has 0 saturated carbocycles. The molecule has 0 aliphatic carbocycles. The van der Waals surface area contributed by atoms with Crippen molar-refractivity contribution in [1.29, 1.82) is 0 Å². The van der Waals surface area contributed by atoms with Gasteiger partial charge in [-0.2, -0.15) is 13.2 Å². The van der Waals surface area contributed by atoms with Gasteiger partial charge in [0.05, 0.1) is 13.2 Å². The van der Waals surface area contributed by atoms with E-state index in [4.69, 9.17) is 9.47 Å². The van der Waals surface area contributed by atoms with Gasteiger partial charge in [-0.25, -0.2) is 4.79 Å². The third-order valence-electron chi connectivity index (χ3n) is 3.89. The number of alkyl halides is 3.